The van der Waals surface area contributed by atoms with Crippen molar-refractivity contribution in [2.45, 2.75) is 32.7 Å². The van der Waals surface area contributed by atoms with Gasteiger partial charge in [0.15, 0.2) is 5.82 Å². The number of hydrogen-bond donors (Lipinski definition) is 0. The summed E-state index contributed by atoms with van der Waals surface area (Å²) in [6.45, 7) is 10.2. The summed E-state index contributed by atoms with van der Waals surface area (Å²) in [5.41, 5.74) is 0.702. The third-order valence-electron chi connectivity index (χ3n) is 3.90. The Bertz CT molecular complexity index is 658. The highest BCUT2D eigenvalue weighted by Gasteiger charge is 2.24. The summed E-state index contributed by atoms with van der Waals surface area (Å²) in [7, 11) is 0. The Labute approximate surface area is 135 Å². The lowest BCUT2D eigenvalue weighted by Gasteiger charge is -2.35. The minimum Gasteiger partial charge on any atom is -0.368 e. The first-order valence-corrected chi connectivity index (χ1v) is 7.83. The summed E-state index contributed by atoms with van der Waals surface area (Å²) in [5.74, 6) is 1.08. The van der Waals surface area contributed by atoms with Gasteiger partial charge < -0.3 is 9.42 Å². The van der Waals surface area contributed by atoms with Gasteiger partial charge in [0.2, 0.25) is 5.89 Å². The van der Waals surface area contributed by atoms with Gasteiger partial charge in [0.1, 0.15) is 5.82 Å². The molecule has 0 aliphatic carbocycles. The molecule has 3 rings (SSSR count). The van der Waals surface area contributed by atoms with Crippen LogP contribution >= 0.6 is 0 Å². The van der Waals surface area contributed by atoms with E-state index in [2.05, 4.69) is 45.7 Å². The smallest absolute Gasteiger partial charge is 0.232 e. The van der Waals surface area contributed by atoms with Crippen LogP contribution in [-0.2, 0) is 12.0 Å². The second-order valence-corrected chi connectivity index (χ2v) is 6.89. The lowest BCUT2D eigenvalue weighted by atomic mass is 9.97. The lowest BCUT2D eigenvalue weighted by Crippen LogP contribution is -2.46. The molecule has 1 saturated heterocycles. The summed E-state index contributed by atoms with van der Waals surface area (Å²) in [6.07, 6.45) is 2.93. The predicted octanol–water partition coefficient (Wildman–Crippen LogP) is 2.22. The van der Waals surface area contributed by atoms with Crippen molar-refractivity contribution in [1.82, 2.24) is 20.0 Å². The molecule has 2 aromatic rings. The second-order valence-electron chi connectivity index (χ2n) is 6.89. The van der Waals surface area contributed by atoms with Crippen molar-refractivity contribution in [3.05, 3.63) is 36.0 Å². The molecular weight excluding hydrogens is 297 g/mol. The van der Waals surface area contributed by atoms with Crippen molar-refractivity contribution in [1.29, 1.82) is 0 Å². The third kappa shape index (κ3) is 3.85. The molecular formula is C16H22FN5O. The maximum atomic E-state index is 13.3. The van der Waals surface area contributed by atoms with Crippen LogP contribution in [0, 0.1) is 5.82 Å². The Morgan fingerprint density at radius 3 is 2.52 bits per heavy atom. The van der Waals surface area contributed by atoms with E-state index in [1.165, 1.54) is 12.3 Å². The quantitative estimate of drug-likeness (QED) is 0.864. The predicted molar refractivity (Wildman–Crippen MR) is 84.7 cm³/mol. The molecule has 0 amide bonds. The van der Waals surface area contributed by atoms with E-state index in [1.54, 1.807) is 6.20 Å². The number of piperazine rings is 1. The molecule has 0 unspecified atom stereocenters. The van der Waals surface area contributed by atoms with Crippen molar-refractivity contribution >= 4 is 5.69 Å². The van der Waals surface area contributed by atoms with E-state index in [9.17, 15) is 4.39 Å². The van der Waals surface area contributed by atoms with Crippen LogP contribution in [0.5, 0.6) is 0 Å². The van der Waals surface area contributed by atoms with E-state index in [1.807, 2.05) is 0 Å². The fourth-order valence-electron chi connectivity index (χ4n) is 2.56. The Morgan fingerprint density at radius 1 is 1.17 bits per heavy atom. The van der Waals surface area contributed by atoms with Crippen LogP contribution in [0.25, 0.3) is 0 Å². The minimum atomic E-state index is -0.300. The molecule has 0 radical (unpaired) electrons. The van der Waals surface area contributed by atoms with Crippen molar-refractivity contribution in [3.63, 3.8) is 0 Å². The number of pyridine rings is 1. The van der Waals surface area contributed by atoms with Gasteiger partial charge in [0.05, 0.1) is 24.6 Å². The molecule has 0 saturated carbocycles. The average Bonchev–Trinajstić information content (AvgIpc) is 2.97. The minimum absolute atomic E-state index is 0.131. The molecule has 23 heavy (non-hydrogen) atoms. The number of nitrogens with zero attached hydrogens (tertiary/aromatic N) is 5. The van der Waals surface area contributed by atoms with E-state index in [4.69, 9.17) is 4.52 Å². The number of halogens is 1. The summed E-state index contributed by atoms with van der Waals surface area (Å²) in [5, 5.41) is 4.06. The maximum absolute atomic E-state index is 13.3. The van der Waals surface area contributed by atoms with Crippen LogP contribution in [0.1, 0.15) is 32.5 Å². The number of rotatable bonds is 3. The van der Waals surface area contributed by atoms with Gasteiger partial charge in [-0.05, 0) is 0 Å². The zero-order chi connectivity index (χ0) is 16.4. The number of anilines is 1. The normalized spacial score (nSPS) is 16.8. The highest BCUT2D eigenvalue weighted by atomic mass is 19.1. The molecule has 3 heterocycles. The van der Waals surface area contributed by atoms with Gasteiger partial charge in [0.25, 0.3) is 0 Å². The zero-order valence-electron chi connectivity index (χ0n) is 13.8. The van der Waals surface area contributed by atoms with E-state index >= 15 is 0 Å². The molecule has 124 valence electrons. The molecule has 2 aromatic heterocycles. The summed E-state index contributed by atoms with van der Waals surface area (Å²) >= 11 is 0. The van der Waals surface area contributed by atoms with Gasteiger partial charge in [-0.15, -0.1) is 0 Å². The maximum Gasteiger partial charge on any atom is 0.232 e. The number of hydrogen-bond acceptors (Lipinski definition) is 6. The van der Waals surface area contributed by atoms with Gasteiger partial charge in [-0.2, -0.15) is 4.98 Å². The first-order chi connectivity index (χ1) is 10.9. The van der Waals surface area contributed by atoms with Gasteiger partial charge in [-0.25, -0.2) is 4.39 Å². The first kappa shape index (κ1) is 15.9. The SMILES string of the molecule is CC(C)(C)c1nc(CN2CCN(c3cncc(F)c3)CC2)no1. The Morgan fingerprint density at radius 2 is 1.91 bits per heavy atom. The molecule has 1 aliphatic rings. The fraction of sp³-hybridized carbons (Fsp3) is 0.562. The highest BCUT2D eigenvalue weighted by molar-refractivity contribution is 5.44. The van der Waals surface area contributed by atoms with Crippen molar-refractivity contribution in [2.75, 3.05) is 31.1 Å². The topological polar surface area (TPSA) is 58.3 Å². The van der Waals surface area contributed by atoms with Gasteiger partial charge in [-0.1, -0.05) is 25.9 Å². The van der Waals surface area contributed by atoms with E-state index in [0.29, 0.717) is 12.4 Å². The first-order valence-electron chi connectivity index (χ1n) is 7.83. The third-order valence-corrected chi connectivity index (χ3v) is 3.90. The Hall–Kier alpha value is -2.02. The Kier molecular flexibility index (Phi) is 4.30. The van der Waals surface area contributed by atoms with Crippen LogP contribution in [0.15, 0.2) is 23.0 Å². The fourth-order valence-corrected chi connectivity index (χ4v) is 2.56. The van der Waals surface area contributed by atoms with E-state index in [0.717, 1.165) is 37.7 Å². The van der Waals surface area contributed by atoms with E-state index < -0.39 is 0 Å². The summed E-state index contributed by atoms with van der Waals surface area (Å²) in [6, 6.07) is 1.53. The lowest BCUT2D eigenvalue weighted by molar-refractivity contribution is 0.239. The van der Waals surface area contributed by atoms with Crippen molar-refractivity contribution in [2.24, 2.45) is 0 Å². The molecule has 7 heteroatoms. The second kappa shape index (κ2) is 6.23. The van der Waals surface area contributed by atoms with Crippen LogP contribution in [-0.4, -0.2) is 46.2 Å². The molecule has 0 aromatic carbocycles. The molecule has 6 nitrogen and oxygen atoms in total. The van der Waals surface area contributed by atoms with Gasteiger partial charge >= 0.3 is 0 Å². The standard InChI is InChI=1S/C16H22FN5O/c1-16(2,3)15-19-14(20-23-15)11-21-4-6-22(7-5-21)13-8-12(17)9-18-10-13/h8-10H,4-7,11H2,1-3H3. The van der Waals surface area contributed by atoms with Gasteiger partial charge in [0, 0.05) is 37.7 Å². The van der Waals surface area contributed by atoms with E-state index in [-0.39, 0.29) is 11.2 Å². The Balaban J connectivity index is 1.56. The summed E-state index contributed by atoms with van der Waals surface area (Å²) in [4.78, 5) is 12.8. The largest absolute Gasteiger partial charge is 0.368 e. The molecule has 1 aliphatic heterocycles. The molecule has 1 fully saturated rings. The molecule has 0 atom stereocenters. The molecule has 0 N–H and O–H groups in total. The van der Waals surface area contributed by atoms with Crippen LogP contribution in [0.2, 0.25) is 0 Å². The van der Waals surface area contributed by atoms with Crippen molar-refractivity contribution in [3.8, 4) is 0 Å². The highest BCUT2D eigenvalue weighted by Crippen LogP contribution is 2.21. The zero-order valence-corrected chi connectivity index (χ0v) is 13.8. The van der Waals surface area contributed by atoms with Crippen LogP contribution in [0.4, 0.5) is 10.1 Å². The number of aromatic nitrogens is 3. The molecule has 0 spiro atoms. The average molecular weight is 319 g/mol. The van der Waals surface area contributed by atoms with Crippen molar-refractivity contribution < 1.29 is 8.91 Å². The van der Waals surface area contributed by atoms with Crippen LogP contribution in [0.3, 0.4) is 0 Å². The van der Waals surface area contributed by atoms with Crippen LogP contribution < -0.4 is 4.90 Å². The van der Waals surface area contributed by atoms with Gasteiger partial charge in [-0.3, -0.25) is 9.88 Å². The monoisotopic (exact) mass is 319 g/mol. The summed E-state index contributed by atoms with van der Waals surface area (Å²) < 4.78 is 18.6. The molecule has 0 bridgehead atoms.